The van der Waals surface area contributed by atoms with Gasteiger partial charge in [-0.2, -0.15) is 0 Å². The molecule has 0 aliphatic carbocycles. The van der Waals surface area contributed by atoms with Crippen LogP contribution in [-0.4, -0.2) is 25.7 Å². The largest absolute Gasteiger partial charge is 0.496 e. The van der Waals surface area contributed by atoms with Gasteiger partial charge >= 0.3 is 5.97 Å². The molecule has 0 bridgehead atoms. The number of methoxy groups -OCH3 is 2. The molecule has 6 nitrogen and oxygen atoms in total. The normalized spacial score (nSPS) is 13.8. The fourth-order valence-corrected chi connectivity index (χ4v) is 4.80. The van der Waals surface area contributed by atoms with Crippen LogP contribution in [0.2, 0.25) is 0 Å². The number of carbonyl (C=O) groups is 1. The molecule has 37 heavy (non-hydrogen) atoms. The van der Waals surface area contributed by atoms with Crippen LogP contribution in [0.25, 0.3) is 16.7 Å². The number of nitrogens with one attached hydrogen (secondary N) is 2. The smallest absolute Gasteiger partial charge is 0.313 e. The van der Waals surface area contributed by atoms with Crippen LogP contribution < -0.4 is 24.8 Å². The third kappa shape index (κ3) is 5.58. The predicted octanol–water partition coefficient (Wildman–Crippen LogP) is 7.15. The number of anilines is 2. The molecule has 3 aromatic carbocycles. The van der Waals surface area contributed by atoms with Crippen LogP contribution in [0.15, 0.2) is 60.7 Å². The minimum absolute atomic E-state index is 0.147. The third-order valence-electron chi connectivity index (χ3n) is 6.46. The van der Waals surface area contributed by atoms with E-state index in [0.717, 1.165) is 39.4 Å². The van der Waals surface area contributed by atoms with E-state index >= 15 is 0 Å². The fraction of sp³-hybridized carbons (Fsp3) is 0.323. The van der Waals surface area contributed by atoms with E-state index in [1.54, 1.807) is 20.3 Å². The summed E-state index contributed by atoms with van der Waals surface area (Å²) in [4.78, 5) is 12.1. The zero-order valence-corrected chi connectivity index (χ0v) is 22.7. The first-order valence-electron chi connectivity index (χ1n) is 12.5. The topological polar surface area (TPSA) is 68.8 Å². The quantitative estimate of drug-likeness (QED) is 0.253. The summed E-state index contributed by atoms with van der Waals surface area (Å²) >= 11 is 0. The second-order valence-electron chi connectivity index (χ2n) is 10.2. The highest BCUT2D eigenvalue weighted by Gasteiger charge is 2.27. The van der Waals surface area contributed by atoms with E-state index in [-0.39, 0.29) is 17.4 Å². The molecule has 0 fully saturated rings. The summed E-state index contributed by atoms with van der Waals surface area (Å²) in [5.74, 6) is 1.39. The lowest BCUT2D eigenvalue weighted by Crippen LogP contribution is -2.32. The maximum atomic E-state index is 12.1. The predicted molar refractivity (Wildman–Crippen MR) is 151 cm³/mol. The van der Waals surface area contributed by atoms with Crippen molar-refractivity contribution >= 4 is 22.9 Å². The Balaban J connectivity index is 1.82. The number of benzene rings is 3. The molecule has 0 saturated heterocycles. The van der Waals surface area contributed by atoms with Gasteiger partial charge in [-0.15, -0.1) is 0 Å². The van der Waals surface area contributed by atoms with Gasteiger partial charge in [-0.25, -0.2) is 0 Å². The second kappa shape index (κ2) is 10.6. The highest BCUT2D eigenvalue weighted by Crippen LogP contribution is 2.43. The van der Waals surface area contributed by atoms with Crippen LogP contribution in [0.3, 0.4) is 0 Å². The Morgan fingerprint density at radius 1 is 0.973 bits per heavy atom. The molecule has 1 aliphatic rings. The van der Waals surface area contributed by atoms with Gasteiger partial charge in [-0.1, -0.05) is 38.1 Å². The van der Waals surface area contributed by atoms with Gasteiger partial charge in [0.25, 0.3) is 0 Å². The van der Waals surface area contributed by atoms with Gasteiger partial charge in [0.15, 0.2) is 0 Å². The fourth-order valence-electron chi connectivity index (χ4n) is 4.80. The molecule has 1 aliphatic heterocycles. The molecule has 0 aromatic heterocycles. The number of esters is 1. The van der Waals surface area contributed by atoms with Crippen LogP contribution in [-0.2, 0) is 11.3 Å². The Morgan fingerprint density at radius 3 is 2.38 bits per heavy atom. The van der Waals surface area contributed by atoms with Gasteiger partial charge in [-0.3, -0.25) is 4.79 Å². The van der Waals surface area contributed by atoms with Crippen molar-refractivity contribution in [3.63, 3.8) is 0 Å². The highest BCUT2D eigenvalue weighted by atomic mass is 16.5. The average molecular weight is 501 g/mol. The minimum Gasteiger partial charge on any atom is -0.496 e. The molecule has 0 atom stereocenters. The Hall–Kier alpha value is -3.93. The molecule has 194 valence electrons. The SMILES string of the molecule is COc1ccccc1NCc1c(-c2ccc(OC(=O)C(C)C)cc2OC)ccc2c1C(C)=CC(C)(C)N2. The summed E-state index contributed by atoms with van der Waals surface area (Å²) < 4.78 is 16.9. The number of rotatable bonds is 8. The van der Waals surface area contributed by atoms with E-state index in [2.05, 4.69) is 49.6 Å². The summed E-state index contributed by atoms with van der Waals surface area (Å²) in [5, 5.41) is 7.24. The van der Waals surface area contributed by atoms with Crippen molar-refractivity contribution in [2.45, 2.75) is 46.7 Å². The van der Waals surface area contributed by atoms with Crippen molar-refractivity contribution in [3.05, 3.63) is 71.8 Å². The number of allylic oxidation sites excluding steroid dienone is 1. The van der Waals surface area contributed by atoms with Gasteiger partial charge in [-0.05, 0) is 67.8 Å². The van der Waals surface area contributed by atoms with Crippen LogP contribution in [0.1, 0.15) is 45.7 Å². The molecule has 0 spiro atoms. The van der Waals surface area contributed by atoms with E-state index in [9.17, 15) is 4.79 Å². The van der Waals surface area contributed by atoms with Gasteiger partial charge in [0.1, 0.15) is 17.2 Å². The molecule has 1 heterocycles. The summed E-state index contributed by atoms with van der Waals surface area (Å²) in [7, 11) is 3.31. The maximum absolute atomic E-state index is 12.1. The van der Waals surface area contributed by atoms with Gasteiger partial charge in [0.05, 0.1) is 31.4 Å². The lowest BCUT2D eigenvalue weighted by atomic mass is 9.85. The van der Waals surface area contributed by atoms with E-state index in [4.69, 9.17) is 14.2 Å². The molecule has 6 heteroatoms. The number of hydrogen-bond donors (Lipinski definition) is 2. The third-order valence-corrected chi connectivity index (χ3v) is 6.46. The molecular formula is C31H36N2O4. The zero-order valence-electron chi connectivity index (χ0n) is 22.7. The highest BCUT2D eigenvalue weighted by molar-refractivity contribution is 5.89. The van der Waals surface area contributed by atoms with E-state index < -0.39 is 0 Å². The Morgan fingerprint density at radius 2 is 1.68 bits per heavy atom. The molecule has 0 amide bonds. The molecule has 0 saturated carbocycles. The lowest BCUT2D eigenvalue weighted by molar-refractivity contribution is -0.137. The molecule has 4 rings (SSSR count). The molecule has 0 radical (unpaired) electrons. The Kier molecular flexibility index (Phi) is 7.48. The summed E-state index contributed by atoms with van der Waals surface area (Å²) in [6.45, 7) is 10.7. The van der Waals surface area contributed by atoms with Crippen LogP contribution in [0.5, 0.6) is 17.2 Å². The molecule has 0 unspecified atom stereocenters. The number of ether oxygens (including phenoxy) is 3. The van der Waals surface area contributed by atoms with Crippen LogP contribution in [0.4, 0.5) is 11.4 Å². The first-order valence-corrected chi connectivity index (χ1v) is 12.5. The number of para-hydroxylation sites is 2. The van der Waals surface area contributed by atoms with Crippen molar-refractivity contribution in [1.29, 1.82) is 0 Å². The first-order chi connectivity index (χ1) is 17.6. The van der Waals surface area contributed by atoms with Gasteiger partial charge in [0, 0.05) is 29.4 Å². The number of fused-ring (bicyclic) bond motifs is 1. The van der Waals surface area contributed by atoms with Crippen molar-refractivity contribution < 1.29 is 19.0 Å². The molecule has 2 N–H and O–H groups in total. The zero-order chi connectivity index (χ0) is 26.7. The number of hydrogen-bond acceptors (Lipinski definition) is 6. The summed E-state index contributed by atoms with van der Waals surface area (Å²) in [6, 6.07) is 17.7. The molecule has 3 aromatic rings. The van der Waals surface area contributed by atoms with Gasteiger partial charge in [0.2, 0.25) is 0 Å². The van der Waals surface area contributed by atoms with Gasteiger partial charge < -0.3 is 24.8 Å². The summed E-state index contributed by atoms with van der Waals surface area (Å²) in [6.07, 6.45) is 2.26. The summed E-state index contributed by atoms with van der Waals surface area (Å²) in [5.41, 5.74) is 7.32. The minimum atomic E-state index is -0.278. The van der Waals surface area contributed by atoms with Crippen LogP contribution >= 0.6 is 0 Å². The monoisotopic (exact) mass is 500 g/mol. The average Bonchev–Trinajstić information content (AvgIpc) is 2.86. The van der Waals surface area contributed by atoms with E-state index in [1.165, 1.54) is 5.57 Å². The van der Waals surface area contributed by atoms with Crippen molar-refractivity contribution in [2.75, 3.05) is 24.9 Å². The van der Waals surface area contributed by atoms with Crippen molar-refractivity contribution in [1.82, 2.24) is 0 Å². The van der Waals surface area contributed by atoms with Crippen LogP contribution in [0, 0.1) is 5.92 Å². The van der Waals surface area contributed by atoms with Crippen molar-refractivity contribution in [2.24, 2.45) is 5.92 Å². The van der Waals surface area contributed by atoms with E-state index in [0.29, 0.717) is 18.0 Å². The Labute approximate surface area is 219 Å². The Bertz CT molecular complexity index is 1340. The van der Waals surface area contributed by atoms with Crippen molar-refractivity contribution in [3.8, 4) is 28.4 Å². The molecular weight excluding hydrogens is 464 g/mol. The maximum Gasteiger partial charge on any atom is 0.313 e. The standard InChI is InChI=1S/C31H36N2O4/c1-19(2)30(34)37-21-12-13-23(28(16-21)36-7)22-14-15-26-29(20(3)17-31(4,5)33-26)24(22)18-32-25-10-8-9-11-27(25)35-6/h8-17,19,32-33H,18H2,1-7H3. The first kappa shape index (κ1) is 26.1. The number of carbonyl (C=O) groups excluding carboxylic acids is 1. The lowest BCUT2D eigenvalue weighted by Gasteiger charge is -2.33. The van der Waals surface area contributed by atoms with E-state index in [1.807, 2.05) is 50.2 Å². The second-order valence-corrected chi connectivity index (χ2v) is 10.2.